The largest absolute Gasteiger partial charge is 0.508 e. The maximum atomic E-state index is 13.6. The Bertz CT molecular complexity index is 1510. The molecule has 1 aliphatic carbocycles. The number of rotatable bonds is 1. The molecule has 1 unspecified atom stereocenters. The van der Waals surface area contributed by atoms with Gasteiger partial charge in [-0.3, -0.25) is 9.59 Å². The van der Waals surface area contributed by atoms with Crippen LogP contribution in [0.3, 0.4) is 0 Å². The molecule has 0 aromatic heterocycles. The fourth-order valence-electron chi connectivity index (χ4n) is 4.67. The van der Waals surface area contributed by atoms with E-state index < -0.39 is 5.92 Å². The van der Waals surface area contributed by atoms with E-state index in [0.717, 1.165) is 26.3 Å². The minimum atomic E-state index is -1.03. The van der Waals surface area contributed by atoms with Crippen molar-refractivity contribution in [2.45, 2.75) is 15.7 Å². The molecule has 4 aromatic rings. The molecule has 146 valence electrons. The van der Waals surface area contributed by atoms with Crippen LogP contribution in [0.25, 0.3) is 21.9 Å². The van der Waals surface area contributed by atoms with E-state index in [2.05, 4.69) is 6.07 Å². The molecule has 0 fully saturated rings. The Kier molecular flexibility index (Phi) is 3.65. The molecule has 1 N–H and O–H groups in total. The van der Waals surface area contributed by atoms with Gasteiger partial charge in [-0.25, -0.2) is 0 Å². The van der Waals surface area contributed by atoms with Crippen molar-refractivity contribution in [1.29, 1.82) is 5.26 Å². The Labute approximate surface area is 181 Å². The van der Waals surface area contributed by atoms with E-state index in [-0.39, 0.29) is 22.9 Å². The van der Waals surface area contributed by atoms with Gasteiger partial charge in [0.25, 0.3) is 0 Å². The first kappa shape index (κ1) is 17.9. The molecule has 5 heteroatoms. The van der Waals surface area contributed by atoms with Crippen LogP contribution in [0.5, 0.6) is 5.75 Å². The van der Waals surface area contributed by atoms with E-state index in [1.54, 1.807) is 36.0 Å². The summed E-state index contributed by atoms with van der Waals surface area (Å²) >= 11 is 1.61. The normalized spacial score (nSPS) is 16.2. The van der Waals surface area contributed by atoms with E-state index in [9.17, 15) is 20.0 Å². The Balaban J connectivity index is 1.70. The van der Waals surface area contributed by atoms with Crippen molar-refractivity contribution in [2.75, 3.05) is 0 Å². The average molecular weight is 419 g/mol. The number of Topliss-reactive ketones (excluding diaryl/α,β-unsaturated/α-hetero) is 2. The summed E-state index contributed by atoms with van der Waals surface area (Å²) in [6.45, 7) is 0. The Morgan fingerprint density at radius 2 is 1.58 bits per heavy atom. The molecular weight excluding hydrogens is 406 g/mol. The summed E-state index contributed by atoms with van der Waals surface area (Å²) in [4.78, 5) is 29.2. The predicted molar refractivity (Wildman–Crippen MR) is 118 cm³/mol. The minimum Gasteiger partial charge on any atom is -0.508 e. The molecule has 0 spiro atoms. The van der Waals surface area contributed by atoms with E-state index in [1.165, 1.54) is 12.1 Å². The third kappa shape index (κ3) is 2.37. The van der Waals surface area contributed by atoms with Crippen LogP contribution in [0.15, 0.2) is 76.5 Å². The second kappa shape index (κ2) is 6.31. The van der Waals surface area contributed by atoms with E-state index in [4.69, 9.17) is 0 Å². The summed E-state index contributed by atoms with van der Waals surface area (Å²) < 4.78 is 0. The molecule has 0 saturated heterocycles. The number of nitrogens with zero attached hydrogens (tertiary/aromatic N) is 1. The maximum Gasteiger partial charge on any atom is 0.180 e. The molecule has 0 bridgehead atoms. The number of carbonyl (C=O) groups is 2. The Morgan fingerprint density at radius 1 is 0.806 bits per heavy atom. The van der Waals surface area contributed by atoms with Gasteiger partial charge in [-0.15, -0.1) is 0 Å². The topological polar surface area (TPSA) is 78.2 Å². The van der Waals surface area contributed by atoms with Gasteiger partial charge in [0.2, 0.25) is 0 Å². The van der Waals surface area contributed by atoms with Gasteiger partial charge in [-0.05, 0) is 53.1 Å². The number of hydrogen-bond acceptors (Lipinski definition) is 5. The van der Waals surface area contributed by atoms with Crippen LogP contribution >= 0.6 is 11.8 Å². The van der Waals surface area contributed by atoms with Crippen LogP contribution in [0, 0.1) is 11.3 Å². The van der Waals surface area contributed by atoms with Gasteiger partial charge in [0.05, 0.1) is 11.6 Å². The van der Waals surface area contributed by atoms with Crippen molar-refractivity contribution in [2.24, 2.45) is 0 Å². The van der Waals surface area contributed by atoms with Gasteiger partial charge in [-0.2, -0.15) is 5.26 Å². The van der Waals surface area contributed by atoms with Crippen molar-refractivity contribution in [3.8, 4) is 22.9 Å². The summed E-state index contributed by atoms with van der Waals surface area (Å²) in [5.41, 5.74) is 3.45. The van der Waals surface area contributed by atoms with Gasteiger partial charge in [-0.1, -0.05) is 42.1 Å². The monoisotopic (exact) mass is 419 g/mol. The highest BCUT2D eigenvalue weighted by molar-refractivity contribution is 7.99. The molecule has 1 atom stereocenters. The van der Waals surface area contributed by atoms with Gasteiger partial charge >= 0.3 is 0 Å². The number of phenolic OH excluding ortho intramolecular Hbond substituents is 1. The number of carbonyl (C=O) groups excluding carboxylic acids is 2. The lowest BCUT2D eigenvalue weighted by atomic mass is 9.74. The number of phenols is 1. The lowest BCUT2D eigenvalue weighted by Gasteiger charge is -2.28. The molecule has 1 aliphatic heterocycles. The van der Waals surface area contributed by atoms with Crippen LogP contribution in [-0.4, -0.2) is 16.7 Å². The van der Waals surface area contributed by atoms with Gasteiger partial charge < -0.3 is 5.11 Å². The summed E-state index contributed by atoms with van der Waals surface area (Å²) in [5.74, 6) is -1.61. The van der Waals surface area contributed by atoms with Crippen molar-refractivity contribution in [3.63, 3.8) is 0 Å². The van der Waals surface area contributed by atoms with E-state index in [0.29, 0.717) is 22.1 Å². The fourth-order valence-corrected chi connectivity index (χ4v) is 5.79. The van der Waals surface area contributed by atoms with Crippen molar-refractivity contribution in [1.82, 2.24) is 0 Å². The molecule has 2 aliphatic rings. The third-order valence-electron chi connectivity index (χ3n) is 6.02. The highest BCUT2D eigenvalue weighted by Crippen LogP contribution is 2.51. The zero-order valence-electron chi connectivity index (χ0n) is 16.0. The minimum absolute atomic E-state index is 0.0618. The number of aromatic hydroxyl groups is 1. The van der Waals surface area contributed by atoms with Gasteiger partial charge in [0.1, 0.15) is 11.7 Å². The number of nitriles is 1. The number of benzene rings is 4. The van der Waals surface area contributed by atoms with Crippen molar-refractivity contribution in [3.05, 3.63) is 89.0 Å². The van der Waals surface area contributed by atoms with E-state index in [1.807, 2.05) is 30.3 Å². The summed E-state index contributed by atoms with van der Waals surface area (Å²) in [7, 11) is 0. The Morgan fingerprint density at radius 3 is 2.35 bits per heavy atom. The molecule has 0 saturated carbocycles. The van der Waals surface area contributed by atoms with Crippen LogP contribution in [-0.2, 0) is 0 Å². The molecule has 4 aromatic carbocycles. The second-order valence-corrected chi connectivity index (χ2v) is 8.75. The van der Waals surface area contributed by atoms with Crippen LogP contribution in [0.1, 0.15) is 37.8 Å². The zero-order chi connectivity index (χ0) is 21.3. The van der Waals surface area contributed by atoms with Crippen molar-refractivity contribution >= 4 is 34.1 Å². The standard InChI is InChI=1S/C26H13NO3S/c27-12-14-11-18-16-3-1-2-4-19(16)31-20-10-9-17-24(23(18)20)21(14)26(30)22(25(17)29)13-5-7-15(28)8-6-13/h1-11,22,28H. The molecule has 31 heavy (non-hydrogen) atoms. The summed E-state index contributed by atoms with van der Waals surface area (Å²) in [6, 6.07) is 21.7. The quantitative estimate of drug-likeness (QED) is 0.352. The summed E-state index contributed by atoms with van der Waals surface area (Å²) in [6.07, 6.45) is 0. The SMILES string of the molecule is N#Cc1cc2c3c(ccc4c3c1C(=O)C(c1ccc(O)cc1)C4=O)Sc1ccccc1-2. The number of ketones is 2. The molecule has 0 radical (unpaired) electrons. The molecule has 1 heterocycles. The first-order valence-electron chi connectivity index (χ1n) is 9.77. The third-order valence-corrected chi connectivity index (χ3v) is 7.16. The lowest BCUT2D eigenvalue weighted by molar-refractivity contribution is 0.0855. The van der Waals surface area contributed by atoms with E-state index >= 15 is 0 Å². The molecule has 4 nitrogen and oxygen atoms in total. The second-order valence-electron chi connectivity index (χ2n) is 7.67. The first-order chi connectivity index (χ1) is 15.1. The zero-order valence-corrected chi connectivity index (χ0v) is 16.9. The van der Waals surface area contributed by atoms with Crippen molar-refractivity contribution < 1.29 is 14.7 Å². The lowest BCUT2D eigenvalue weighted by Crippen LogP contribution is -2.28. The molecular formula is C26H13NO3S. The highest BCUT2D eigenvalue weighted by atomic mass is 32.2. The number of fused-ring (bicyclic) bond motifs is 2. The van der Waals surface area contributed by atoms with Crippen LogP contribution in [0.2, 0.25) is 0 Å². The van der Waals surface area contributed by atoms with Gasteiger partial charge in [0, 0.05) is 31.7 Å². The predicted octanol–water partition coefficient (Wildman–Crippen LogP) is 5.71. The van der Waals surface area contributed by atoms with Crippen LogP contribution in [0.4, 0.5) is 0 Å². The average Bonchev–Trinajstić information content (AvgIpc) is 2.79. The highest BCUT2D eigenvalue weighted by Gasteiger charge is 2.40. The maximum absolute atomic E-state index is 13.6. The Hall–Kier alpha value is -3.88. The van der Waals surface area contributed by atoms with Gasteiger partial charge in [0.15, 0.2) is 11.6 Å². The summed E-state index contributed by atoms with van der Waals surface area (Å²) in [5, 5.41) is 21.0. The van der Waals surface area contributed by atoms with Crippen LogP contribution < -0.4 is 0 Å². The number of hydrogen-bond donors (Lipinski definition) is 1. The molecule has 0 amide bonds. The first-order valence-corrected chi connectivity index (χ1v) is 10.6. The fraction of sp³-hybridized carbons (Fsp3) is 0.0385. The molecule has 6 rings (SSSR count). The smallest absolute Gasteiger partial charge is 0.180 e.